The number of aliphatic hydroxyl groups is 1. The van der Waals surface area contributed by atoms with Crippen molar-refractivity contribution in [2.24, 2.45) is 17.0 Å². The van der Waals surface area contributed by atoms with Gasteiger partial charge in [-0.25, -0.2) is 13.1 Å². The topological polar surface area (TPSA) is 145 Å². The molecule has 1 saturated carbocycles. The van der Waals surface area contributed by atoms with Gasteiger partial charge in [-0.3, -0.25) is 4.79 Å². The lowest BCUT2D eigenvalue weighted by Gasteiger charge is -2.49. The minimum absolute atomic E-state index is 0.0499. The van der Waals surface area contributed by atoms with Gasteiger partial charge in [0.15, 0.2) is 0 Å². The number of hydrogen-bond donors (Lipinski definition) is 2. The summed E-state index contributed by atoms with van der Waals surface area (Å²) in [6.07, 6.45) is 5.48. The van der Waals surface area contributed by atoms with Crippen LogP contribution in [0.5, 0.6) is 5.75 Å². The molecule has 2 bridgehead atoms. The van der Waals surface area contributed by atoms with Gasteiger partial charge in [-0.1, -0.05) is 34.9 Å². The molecular weight excluding hydrogens is 602 g/mol. The van der Waals surface area contributed by atoms with Crippen molar-refractivity contribution in [3.8, 4) is 5.75 Å². The molecule has 0 unspecified atom stereocenters. The van der Waals surface area contributed by atoms with E-state index in [0.29, 0.717) is 61.0 Å². The predicted molar refractivity (Wildman–Crippen MR) is 171 cm³/mol. The van der Waals surface area contributed by atoms with Gasteiger partial charge in [0.05, 0.1) is 23.1 Å². The first-order chi connectivity index (χ1) is 21.0. The standard InChI is InChI=1S/C32H40ClN5O5S/c1-21-6-5-14-32(40,20-35-37-34)28-12-9-25(28)18-38-15-4-3-7-23-16-27(33)11-8-26(23)19-43-30-13-10-24(17-29(30)38)31(39)36-44(41,42)22(21)2/h8,10-11,13,16-17,22,25,28,40H,1,3-7,9,12,14-15,18-20H2,2H3,(H,36,39)/t22-,25+,28-,32+/m1/s1. The maximum atomic E-state index is 13.3. The summed E-state index contributed by atoms with van der Waals surface area (Å²) in [6, 6.07) is 10.8. The van der Waals surface area contributed by atoms with E-state index < -0.39 is 26.8 Å². The summed E-state index contributed by atoms with van der Waals surface area (Å²) in [5.74, 6) is -0.110. The van der Waals surface area contributed by atoms with Gasteiger partial charge in [0, 0.05) is 28.6 Å². The normalized spacial score (nSPS) is 27.6. The van der Waals surface area contributed by atoms with Crippen molar-refractivity contribution in [1.29, 1.82) is 0 Å². The molecule has 3 aliphatic rings. The number of fused-ring (bicyclic) bond motifs is 3. The highest BCUT2D eigenvalue weighted by Gasteiger charge is 2.46. The number of aryl methyl sites for hydroxylation is 1. The fourth-order valence-electron chi connectivity index (χ4n) is 6.71. The molecule has 2 N–H and O–H groups in total. The number of carbonyl (C=O) groups is 1. The zero-order valence-corrected chi connectivity index (χ0v) is 26.6. The summed E-state index contributed by atoms with van der Waals surface area (Å²) in [5.41, 5.74) is 11.4. The fourth-order valence-corrected chi connectivity index (χ4v) is 8.02. The summed E-state index contributed by atoms with van der Waals surface area (Å²) in [5, 5.41) is 15.3. The third kappa shape index (κ3) is 7.01. The van der Waals surface area contributed by atoms with E-state index in [9.17, 15) is 18.3 Å². The quantitative estimate of drug-likeness (QED) is 0.170. The Bertz CT molecular complexity index is 1580. The first kappa shape index (κ1) is 32.2. The molecule has 0 saturated heterocycles. The Labute approximate surface area is 264 Å². The van der Waals surface area contributed by atoms with Crippen LogP contribution in [0.3, 0.4) is 0 Å². The average molecular weight is 642 g/mol. The first-order valence-corrected chi connectivity index (χ1v) is 17.2. The van der Waals surface area contributed by atoms with Gasteiger partial charge < -0.3 is 14.7 Å². The van der Waals surface area contributed by atoms with E-state index in [1.807, 2.05) is 18.2 Å². The number of anilines is 1. The van der Waals surface area contributed by atoms with Gasteiger partial charge >= 0.3 is 0 Å². The summed E-state index contributed by atoms with van der Waals surface area (Å²) >= 11 is 6.31. The highest BCUT2D eigenvalue weighted by atomic mass is 35.5. The molecule has 10 nitrogen and oxygen atoms in total. The second-order valence-electron chi connectivity index (χ2n) is 12.4. The van der Waals surface area contributed by atoms with Crippen LogP contribution in [-0.4, -0.2) is 49.9 Å². The highest BCUT2D eigenvalue weighted by molar-refractivity contribution is 7.90. The SMILES string of the molecule is C=C1CCC[C@](O)(CN=[N+]=[N-])[C@@H]2CC[C@H]2CN2CCCCc3cc(Cl)ccc3COc3ccc(cc32)C(=O)NS(=O)(=O)[C@@H]1C. The van der Waals surface area contributed by atoms with Crippen molar-refractivity contribution in [3.63, 3.8) is 0 Å². The molecule has 1 aliphatic carbocycles. The predicted octanol–water partition coefficient (Wildman–Crippen LogP) is 6.32. The molecule has 0 spiro atoms. The number of sulfonamides is 1. The minimum Gasteiger partial charge on any atom is -0.487 e. The molecule has 2 aromatic rings. The van der Waals surface area contributed by atoms with Crippen LogP contribution in [0.1, 0.15) is 73.4 Å². The van der Waals surface area contributed by atoms with E-state index in [2.05, 4.69) is 26.2 Å². The van der Waals surface area contributed by atoms with Crippen LogP contribution < -0.4 is 14.4 Å². The molecule has 236 valence electrons. The lowest BCUT2D eigenvalue weighted by atomic mass is 9.63. The minimum atomic E-state index is -4.07. The summed E-state index contributed by atoms with van der Waals surface area (Å²) in [7, 11) is -4.07. The Kier molecular flexibility index (Phi) is 9.80. The molecule has 5 rings (SSSR count). The van der Waals surface area contributed by atoms with Gasteiger partial charge in [-0.15, -0.1) is 0 Å². The third-order valence-corrected chi connectivity index (χ3v) is 11.6. The monoisotopic (exact) mass is 641 g/mol. The molecule has 12 heteroatoms. The molecule has 2 aromatic carbocycles. The summed E-state index contributed by atoms with van der Waals surface area (Å²) in [4.78, 5) is 18.5. The number of hydrogen-bond acceptors (Lipinski definition) is 7. The molecule has 2 heterocycles. The van der Waals surface area contributed by atoms with Crippen LogP contribution >= 0.6 is 11.6 Å². The Hall–Kier alpha value is -3.24. The third-order valence-electron chi connectivity index (χ3n) is 9.59. The molecule has 44 heavy (non-hydrogen) atoms. The Morgan fingerprint density at radius 1 is 1.18 bits per heavy atom. The number of benzene rings is 2. The maximum Gasteiger partial charge on any atom is 0.264 e. The Balaban J connectivity index is 1.56. The highest BCUT2D eigenvalue weighted by Crippen LogP contribution is 2.46. The zero-order chi connectivity index (χ0) is 31.5. The number of nitrogens with zero attached hydrogens (tertiary/aromatic N) is 4. The van der Waals surface area contributed by atoms with Crippen LogP contribution in [0.15, 0.2) is 53.7 Å². The molecule has 1 amide bonds. The van der Waals surface area contributed by atoms with Crippen LogP contribution in [0.2, 0.25) is 5.02 Å². The molecule has 2 aliphatic heterocycles. The van der Waals surface area contributed by atoms with E-state index in [-0.39, 0.29) is 23.9 Å². The van der Waals surface area contributed by atoms with Crippen molar-refractivity contribution in [1.82, 2.24) is 4.72 Å². The van der Waals surface area contributed by atoms with E-state index in [0.717, 1.165) is 43.2 Å². The number of ether oxygens (including phenoxy) is 1. The van der Waals surface area contributed by atoms with Gasteiger partial charge in [0.25, 0.3) is 5.91 Å². The number of azide groups is 1. The lowest BCUT2D eigenvalue weighted by Crippen LogP contribution is -2.52. The van der Waals surface area contributed by atoms with Crippen molar-refractivity contribution in [2.75, 3.05) is 24.5 Å². The molecule has 4 atom stereocenters. The molecule has 1 fully saturated rings. The van der Waals surface area contributed by atoms with E-state index in [1.165, 1.54) is 6.92 Å². The number of carbonyl (C=O) groups excluding carboxylic acids is 1. The van der Waals surface area contributed by atoms with Crippen molar-refractivity contribution >= 4 is 33.2 Å². The number of amides is 1. The lowest BCUT2D eigenvalue weighted by molar-refractivity contribution is -0.0805. The smallest absolute Gasteiger partial charge is 0.264 e. The summed E-state index contributed by atoms with van der Waals surface area (Å²) < 4.78 is 35.0. The van der Waals surface area contributed by atoms with Gasteiger partial charge in [-0.2, -0.15) is 0 Å². The first-order valence-electron chi connectivity index (χ1n) is 15.3. The molecular formula is C32H40ClN5O5S. The number of rotatable bonds is 2. The molecule has 0 radical (unpaired) electrons. The Morgan fingerprint density at radius 2 is 2.00 bits per heavy atom. The van der Waals surface area contributed by atoms with Crippen molar-refractivity contribution in [2.45, 2.75) is 75.7 Å². The van der Waals surface area contributed by atoms with E-state index >= 15 is 0 Å². The number of nitrogens with one attached hydrogen (secondary N) is 1. The zero-order valence-electron chi connectivity index (χ0n) is 25.0. The van der Waals surface area contributed by atoms with Crippen LogP contribution in [-0.2, 0) is 23.1 Å². The van der Waals surface area contributed by atoms with E-state index in [1.54, 1.807) is 18.2 Å². The van der Waals surface area contributed by atoms with Crippen LogP contribution in [0, 0.1) is 11.8 Å². The van der Waals surface area contributed by atoms with Crippen molar-refractivity contribution < 1.29 is 23.1 Å². The Morgan fingerprint density at radius 3 is 2.75 bits per heavy atom. The summed E-state index contributed by atoms with van der Waals surface area (Å²) in [6.45, 7) is 7.02. The largest absolute Gasteiger partial charge is 0.487 e. The number of halogens is 1. The molecule has 0 aromatic heterocycles. The second kappa shape index (κ2) is 13.4. The van der Waals surface area contributed by atoms with Crippen LogP contribution in [0.4, 0.5) is 5.69 Å². The van der Waals surface area contributed by atoms with Crippen LogP contribution in [0.25, 0.3) is 10.4 Å². The van der Waals surface area contributed by atoms with Crippen molar-refractivity contribution in [3.05, 3.63) is 80.7 Å². The van der Waals surface area contributed by atoms with Gasteiger partial charge in [0.2, 0.25) is 10.0 Å². The fraction of sp³-hybridized carbons (Fsp3) is 0.531. The van der Waals surface area contributed by atoms with E-state index in [4.69, 9.17) is 21.9 Å². The second-order valence-corrected chi connectivity index (χ2v) is 14.8. The van der Waals surface area contributed by atoms with Gasteiger partial charge in [-0.05, 0) is 117 Å². The average Bonchev–Trinajstić information content (AvgIpc) is 3.00. The van der Waals surface area contributed by atoms with Gasteiger partial charge in [0.1, 0.15) is 12.4 Å². The maximum absolute atomic E-state index is 13.3.